The van der Waals surface area contributed by atoms with Gasteiger partial charge in [-0.05, 0) is 37.0 Å². The van der Waals surface area contributed by atoms with Crippen LogP contribution in [0.4, 0.5) is 0 Å². The Kier molecular flexibility index (Phi) is 4.60. The molecule has 0 saturated carbocycles. The van der Waals surface area contributed by atoms with E-state index in [1.807, 2.05) is 6.07 Å². The van der Waals surface area contributed by atoms with Gasteiger partial charge in [0.05, 0.1) is 17.4 Å². The highest BCUT2D eigenvalue weighted by atomic mass is 32.2. The van der Waals surface area contributed by atoms with Crippen LogP contribution in [0.5, 0.6) is 0 Å². The van der Waals surface area contributed by atoms with Gasteiger partial charge in [-0.2, -0.15) is 9.57 Å². The highest BCUT2D eigenvalue weighted by molar-refractivity contribution is 7.89. The Hall–Kier alpha value is -1.91. The van der Waals surface area contributed by atoms with E-state index in [1.165, 1.54) is 12.1 Å². The molecule has 0 radical (unpaired) electrons. The van der Waals surface area contributed by atoms with Crippen molar-refractivity contribution in [3.63, 3.8) is 0 Å². The number of hydrogen-bond acceptors (Lipinski definition) is 4. The van der Waals surface area contributed by atoms with Crippen molar-refractivity contribution in [2.45, 2.75) is 36.6 Å². The first-order valence-electron chi connectivity index (χ1n) is 6.67. The number of nitrogens with zero attached hydrogens (tertiary/aromatic N) is 2. The maximum atomic E-state index is 12.6. The first kappa shape index (κ1) is 15.5. The molecule has 0 amide bonds. The third kappa shape index (κ3) is 3.23. The van der Waals surface area contributed by atoms with E-state index in [2.05, 4.69) is 0 Å². The van der Waals surface area contributed by atoms with Crippen LogP contribution in [0.2, 0.25) is 0 Å². The fourth-order valence-corrected chi connectivity index (χ4v) is 4.10. The van der Waals surface area contributed by atoms with E-state index in [9.17, 15) is 18.3 Å². The Morgan fingerprint density at radius 3 is 2.57 bits per heavy atom. The van der Waals surface area contributed by atoms with Crippen molar-refractivity contribution in [2.24, 2.45) is 0 Å². The van der Waals surface area contributed by atoms with E-state index in [0.29, 0.717) is 19.3 Å². The van der Waals surface area contributed by atoms with Crippen molar-refractivity contribution >= 4 is 16.0 Å². The summed E-state index contributed by atoms with van der Waals surface area (Å²) in [5, 5.41) is 17.8. The summed E-state index contributed by atoms with van der Waals surface area (Å²) >= 11 is 0. The summed E-state index contributed by atoms with van der Waals surface area (Å²) in [6.07, 6.45) is 1.92. The number of sulfonamides is 1. The predicted molar refractivity (Wildman–Crippen MR) is 74.9 cm³/mol. The van der Waals surface area contributed by atoms with Crippen LogP contribution in [0.3, 0.4) is 0 Å². The molecule has 0 spiro atoms. The van der Waals surface area contributed by atoms with E-state index < -0.39 is 22.0 Å². The lowest BCUT2D eigenvalue weighted by molar-refractivity contribution is -0.142. The van der Waals surface area contributed by atoms with Crippen LogP contribution in [-0.2, 0) is 21.2 Å². The Morgan fingerprint density at radius 2 is 2.00 bits per heavy atom. The number of carboxylic acid groups (broad SMARTS) is 1. The number of rotatable bonds is 4. The van der Waals surface area contributed by atoms with E-state index in [-0.39, 0.29) is 17.9 Å². The molecule has 1 fully saturated rings. The van der Waals surface area contributed by atoms with E-state index in [1.54, 1.807) is 12.1 Å². The number of aliphatic carboxylic acids is 1. The van der Waals surface area contributed by atoms with Gasteiger partial charge in [-0.25, -0.2) is 8.42 Å². The van der Waals surface area contributed by atoms with Crippen molar-refractivity contribution in [3.05, 3.63) is 29.8 Å². The van der Waals surface area contributed by atoms with Crippen molar-refractivity contribution < 1.29 is 18.3 Å². The van der Waals surface area contributed by atoms with Gasteiger partial charge < -0.3 is 5.11 Å². The van der Waals surface area contributed by atoms with Gasteiger partial charge in [0.25, 0.3) is 0 Å². The summed E-state index contributed by atoms with van der Waals surface area (Å²) in [6, 6.07) is 7.00. The third-order valence-corrected chi connectivity index (χ3v) is 5.47. The maximum absolute atomic E-state index is 12.6. The fourth-order valence-electron chi connectivity index (χ4n) is 2.45. The van der Waals surface area contributed by atoms with Gasteiger partial charge in [-0.3, -0.25) is 4.79 Å². The number of piperidine rings is 1. The molecule has 1 heterocycles. The zero-order chi connectivity index (χ0) is 15.5. The summed E-state index contributed by atoms with van der Waals surface area (Å²) in [5.41, 5.74) is 0.727. The van der Waals surface area contributed by atoms with E-state index in [4.69, 9.17) is 5.26 Å². The highest BCUT2D eigenvalue weighted by Crippen LogP contribution is 2.25. The van der Waals surface area contributed by atoms with Gasteiger partial charge in [0, 0.05) is 6.54 Å². The van der Waals surface area contributed by atoms with E-state index in [0.717, 1.165) is 9.87 Å². The second-order valence-electron chi connectivity index (χ2n) is 4.94. The quantitative estimate of drug-likeness (QED) is 0.906. The lowest BCUT2D eigenvalue weighted by Crippen LogP contribution is -2.47. The average Bonchev–Trinajstić information content (AvgIpc) is 2.48. The second kappa shape index (κ2) is 6.24. The number of benzene rings is 1. The summed E-state index contributed by atoms with van der Waals surface area (Å²) in [7, 11) is -3.82. The standard InChI is InChI=1S/C14H16N2O4S/c15-9-8-11-4-6-12(7-5-11)21(19,20)16-10-2-1-3-13(16)14(17)18/h4-7,13H,1-3,8,10H2,(H,17,18). The van der Waals surface area contributed by atoms with Crippen LogP contribution in [0.1, 0.15) is 24.8 Å². The van der Waals surface area contributed by atoms with Gasteiger partial charge in [0.1, 0.15) is 6.04 Å². The normalized spacial score (nSPS) is 19.9. The van der Waals surface area contributed by atoms with Crippen LogP contribution in [0.25, 0.3) is 0 Å². The van der Waals surface area contributed by atoms with Crippen LogP contribution in [0, 0.1) is 11.3 Å². The van der Waals surface area contributed by atoms with Crippen LogP contribution < -0.4 is 0 Å². The second-order valence-corrected chi connectivity index (χ2v) is 6.83. The molecular formula is C14H16N2O4S. The molecule has 1 aliphatic rings. The Balaban J connectivity index is 2.31. The van der Waals surface area contributed by atoms with Crippen LogP contribution in [-0.4, -0.2) is 36.4 Å². The Bertz CT molecular complexity index is 661. The van der Waals surface area contributed by atoms with E-state index >= 15 is 0 Å². The Morgan fingerprint density at radius 1 is 1.33 bits per heavy atom. The lowest BCUT2D eigenvalue weighted by Gasteiger charge is -2.31. The minimum Gasteiger partial charge on any atom is -0.480 e. The van der Waals surface area contributed by atoms with Gasteiger partial charge in [0.15, 0.2) is 0 Å². The van der Waals surface area contributed by atoms with Crippen molar-refractivity contribution in [3.8, 4) is 6.07 Å². The average molecular weight is 308 g/mol. The monoisotopic (exact) mass is 308 g/mol. The molecule has 1 saturated heterocycles. The molecule has 0 aromatic heterocycles. The molecule has 6 nitrogen and oxygen atoms in total. The third-order valence-electron chi connectivity index (χ3n) is 3.55. The number of carbonyl (C=O) groups is 1. The van der Waals surface area contributed by atoms with Crippen LogP contribution >= 0.6 is 0 Å². The highest BCUT2D eigenvalue weighted by Gasteiger charge is 2.37. The molecule has 1 aromatic rings. The molecule has 7 heteroatoms. The van der Waals surface area contributed by atoms with Gasteiger partial charge in [0.2, 0.25) is 10.0 Å². The first-order valence-corrected chi connectivity index (χ1v) is 8.11. The van der Waals surface area contributed by atoms with Crippen molar-refractivity contribution in [2.75, 3.05) is 6.54 Å². The predicted octanol–water partition coefficient (Wildman–Crippen LogP) is 1.38. The van der Waals surface area contributed by atoms with Crippen molar-refractivity contribution in [1.82, 2.24) is 4.31 Å². The zero-order valence-corrected chi connectivity index (χ0v) is 12.2. The SMILES string of the molecule is N#CCc1ccc(S(=O)(=O)N2CCCCC2C(=O)O)cc1. The fraction of sp³-hybridized carbons (Fsp3) is 0.429. The smallest absolute Gasteiger partial charge is 0.322 e. The molecule has 112 valence electrons. The maximum Gasteiger partial charge on any atom is 0.322 e. The topological polar surface area (TPSA) is 98.5 Å². The summed E-state index contributed by atoms with van der Waals surface area (Å²) in [6.45, 7) is 0.221. The molecule has 1 unspecified atom stereocenters. The van der Waals surface area contributed by atoms with Gasteiger partial charge in [-0.15, -0.1) is 0 Å². The number of hydrogen-bond donors (Lipinski definition) is 1. The molecule has 1 N–H and O–H groups in total. The molecule has 2 rings (SSSR count). The molecule has 1 aromatic carbocycles. The molecule has 0 aliphatic carbocycles. The molecule has 1 atom stereocenters. The summed E-state index contributed by atoms with van der Waals surface area (Å²) in [4.78, 5) is 11.3. The summed E-state index contributed by atoms with van der Waals surface area (Å²) < 4.78 is 26.2. The zero-order valence-electron chi connectivity index (χ0n) is 11.4. The van der Waals surface area contributed by atoms with Crippen molar-refractivity contribution in [1.29, 1.82) is 5.26 Å². The Labute approximate surface area is 123 Å². The first-order chi connectivity index (χ1) is 9.96. The van der Waals surface area contributed by atoms with Gasteiger partial charge in [-0.1, -0.05) is 12.1 Å². The largest absolute Gasteiger partial charge is 0.480 e. The molecule has 0 bridgehead atoms. The van der Waals surface area contributed by atoms with Crippen LogP contribution in [0.15, 0.2) is 29.2 Å². The van der Waals surface area contributed by atoms with Gasteiger partial charge >= 0.3 is 5.97 Å². The summed E-state index contributed by atoms with van der Waals surface area (Å²) in [5.74, 6) is -1.11. The lowest BCUT2D eigenvalue weighted by atomic mass is 10.1. The minimum absolute atomic E-state index is 0.0670. The molecular weight excluding hydrogens is 292 g/mol. The molecule has 1 aliphatic heterocycles. The number of carboxylic acids is 1. The minimum atomic E-state index is -3.82. The molecule has 21 heavy (non-hydrogen) atoms. The number of nitriles is 1.